The molecule has 0 heterocycles. The zero-order chi connectivity index (χ0) is 5.54. The van der Waals surface area contributed by atoms with Crippen LogP contribution in [-0.4, -0.2) is 12.9 Å². The van der Waals surface area contributed by atoms with Gasteiger partial charge in [-0.2, -0.15) is 0 Å². The topological polar surface area (TPSA) is 47.6 Å². The van der Waals surface area contributed by atoms with E-state index in [1.165, 1.54) is 6.21 Å². The number of nitrogens with zero attached hydrogens (tertiary/aromatic N) is 1. The maximum absolute atomic E-state index is 4.62. The molecule has 0 aliphatic rings. The highest BCUT2D eigenvalue weighted by molar-refractivity contribution is 5.69. The molecule has 2 N–H and O–H groups in total. The van der Waals surface area contributed by atoms with Crippen molar-refractivity contribution in [3.05, 3.63) is 12.7 Å². The molecule has 3 heteroatoms. The number of rotatable bonds is 3. The van der Waals surface area contributed by atoms with Gasteiger partial charge in [-0.15, -0.1) is 0 Å². The summed E-state index contributed by atoms with van der Waals surface area (Å²) in [7, 11) is 0. The summed E-state index contributed by atoms with van der Waals surface area (Å²) in [6, 6.07) is 0. The van der Waals surface area contributed by atoms with Gasteiger partial charge >= 0.3 is 0 Å². The maximum Gasteiger partial charge on any atom is 0.157 e. The van der Waals surface area contributed by atoms with Gasteiger partial charge in [-0.25, -0.2) is 5.90 Å². The Bertz CT molecular complexity index is 70.1. The van der Waals surface area contributed by atoms with Gasteiger partial charge in [0, 0.05) is 6.21 Å². The number of hydrogen-bond donors (Lipinski definition) is 1. The first-order valence-electron chi connectivity index (χ1n) is 1.84. The van der Waals surface area contributed by atoms with Gasteiger partial charge in [0.25, 0.3) is 0 Å². The lowest BCUT2D eigenvalue weighted by Crippen LogP contribution is -1.97. The summed E-state index contributed by atoms with van der Waals surface area (Å²) in [5, 5.41) is 0. The highest BCUT2D eigenvalue weighted by Gasteiger charge is 1.64. The van der Waals surface area contributed by atoms with Crippen molar-refractivity contribution in [2.75, 3.05) is 6.73 Å². The molecular weight excluding hydrogens is 92.1 g/mol. The van der Waals surface area contributed by atoms with Gasteiger partial charge in [-0.1, -0.05) is 12.7 Å². The van der Waals surface area contributed by atoms with Crippen molar-refractivity contribution in [1.82, 2.24) is 0 Å². The zero-order valence-corrected chi connectivity index (χ0v) is 4.00. The molecule has 0 saturated heterocycles. The molecule has 0 unspecified atom stereocenters. The Morgan fingerprint density at radius 1 is 1.86 bits per heavy atom. The van der Waals surface area contributed by atoms with Gasteiger partial charge in [0.1, 0.15) is 0 Å². The second-order valence-electron chi connectivity index (χ2n) is 0.863. The Balaban J connectivity index is 2.92. The third-order valence-corrected chi connectivity index (χ3v) is 0.360. The molecule has 3 nitrogen and oxygen atoms in total. The van der Waals surface area contributed by atoms with Gasteiger partial charge in [0.2, 0.25) is 0 Å². The Morgan fingerprint density at radius 2 is 2.57 bits per heavy atom. The Hall–Kier alpha value is -0.670. The van der Waals surface area contributed by atoms with Crippen molar-refractivity contribution in [3.63, 3.8) is 0 Å². The largest absolute Gasteiger partial charge is 0.281 e. The van der Waals surface area contributed by atoms with Crippen LogP contribution in [0, 0.1) is 0 Å². The highest BCUT2D eigenvalue weighted by Crippen LogP contribution is 1.62. The molecule has 0 bridgehead atoms. The van der Waals surface area contributed by atoms with Crippen LogP contribution in [0.3, 0.4) is 0 Å². The van der Waals surface area contributed by atoms with Crippen molar-refractivity contribution >= 4 is 6.21 Å². The summed E-state index contributed by atoms with van der Waals surface area (Å²) in [6.07, 6.45) is 3.08. The normalized spacial score (nSPS) is 9.86. The summed E-state index contributed by atoms with van der Waals surface area (Å²) >= 11 is 0. The molecule has 40 valence electrons. The van der Waals surface area contributed by atoms with Gasteiger partial charge in [0.15, 0.2) is 6.73 Å². The molecule has 0 amide bonds. The lowest BCUT2D eigenvalue weighted by atomic mass is 10.7. The second-order valence-corrected chi connectivity index (χ2v) is 0.863. The van der Waals surface area contributed by atoms with E-state index in [0.717, 1.165) is 0 Å². The molecule has 0 aromatic carbocycles. The van der Waals surface area contributed by atoms with E-state index in [0.29, 0.717) is 0 Å². The summed E-state index contributed by atoms with van der Waals surface area (Å²) in [5.74, 6) is 4.62. The van der Waals surface area contributed by atoms with E-state index in [4.69, 9.17) is 0 Å². The van der Waals surface area contributed by atoms with Gasteiger partial charge in [0.05, 0.1) is 0 Å². The minimum absolute atomic E-state index is 0.200. The molecule has 0 spiro atoms. The molecule has 0 aliphatic carbocycles. The summed E-state index contributed by atoms with van der Waals surface area (Å²) < 4.78 is 0. The molecule has 7 heavy (non-hydrogen) atoms. The van der Waals surface area contributed by atoms with Crippen LogP contribution in [0.15, 0.2) is 17.6 Å². The monoisotopic (exact) mass is 100 g/mol. The van der Waals surface area contributed by atoms with E-state index in [2.05, 4.69) is 22.3 Å². The van der Waals surface area contributed by atoms with Gasteiger partial charge in [-0.05, 0) is 0 Å². The van der Waals surface area contributed by atoms with E-state index in [9.17, 15) is 0 Å². The summed E-state index contributed by atoms with van der Waals surface area (Å²) in [5.41, 5.74) is 0. The van der Waals surface area contributed by atoms with E-state index in [1.807, 2.05) is 0 Å². The molecule has 0 atom stereocenters. The number of aliphatic imine (C=N–C) groups is 1. The maximum atomic E-state index is 4.62. The molecule has 0 radical (unpaired) electrons. The first-order chi connectivity index (χ1) is 3.41. The Labute approximate surface area is 42.4 Å². The molecule has 0 aromatic heterocycles. The fourth-order valence-electron chi connectivity index (χ4n) is 0.161. The number of hydrogen-bond acceptors (Lipinski definition) is 3. The first-order valence-corrected chi connectivity index (χ1v) is 1.84. The fraction of sp³-hybridized carbons (Fsp3) is 0.250. The molecule has 0 fully saturated rings. The van der Waals surface area contributed by atoms with Crippen molar-refractivity contribution in [2.45, 2.75) is 0 Å². The van der Waals surface area contributed by atoms with Crippen molar-refractivity contribution in [2.24, 2.45) is 10.9 Å². The predicted molar refractivity (Wildman–Crippen MR) is 28.8 cm³/mol. The van der Waals surface area contributed by atoms with E-state index in [1.54, 1.807) is 6.08 Å². The van der Waals surface area contributed by atoms with E-state index < -0.39 is 0 Å². The van der Waals surface area contributed by atoms with Crippen LogP contribution in [0.5, 0.6) is 0 Å². The van der Waals surface area contributed by atoms with Crippen LogP contribution < -0.4 is 5.90 Å². The molecule has 0 saturated carbocycles. The number of allylic oxidation sites excluding steroid dienone is 1. The zero-order valence-electron chi connectivity index (χ0n) is 4.00. The average Bonchev–Trinajstić information content (AvgIpc) is 1.69. The minimum Gasteiger partial charge on any atom is -0.281 e. The van der Waals surface area contributed by atoms with Crippen LogP contribution in [-0.2, 0) is 4.84 Å². The third kappa shape index (κ3) is 5.33. The summed E-state index contributed by atoms with van der Waals surface area (Å²) in [4.78, 5) is 7.72. The SMILES string of the molecule is C=C/C=N\CON. The molecule has 0 aliphatic heterocycles. The van der Waals surface area contributed by atoms with E-state index >= 15 is 0 Å². The van der Waals surface area contributed by atoms with Crippen molar-refractivity contribution in [1.29, 1.82) is 0 Å². The van der Waals surface area contributed by atoms with E-state index in [-0.39, 0.29) is 6.73 Å². The second kappa shape index (κ2) is 5.33. The summed E-state index contributed by atoms with van der Waals surface area (Å²) in [6.45, 7) is 3.59. The first kappa shape index (κ1) is 6.33. The molecular formula is C4H8N2O. The average molecular weight is 100 g/mol. The quantitative estimate of drug-likeness (QED) is 0.403. The lowest BCUT2D eigenvalue weighted by Gasteiger charge is -1.82. The van der Waals surface area contributed by atoms with Crippen LogP contribution in [0.2, 0.25) is 0 Å². The van der Waals surface area contributed by atoms with Gasteiger partial charge < -0.3 is 0 Å². The predicted octanol–water partition coefficient (Wildman–Crippen LogP) is 0.0910. The van der Waals surface area contributed by atoms with Crippen LogP contribution in [0.25, 0.3) is 0 Å². The van der Waals surface area contributed by atoms with Gasteiger partial charge in [-0.3, -0.25) is 9.83 Å². The minimum atomic E-state index is 0.200. The van der Waals surface area contributed by atoms with Crippen LogP contribution in [0.4, 0.5) is 0 Å². The highest BCUT2D eigenvalue weighted by atomic mass is 16.6. The van der Waals surface area contributed by atoms with Crippen LogP contribution in [0.1, 0.15) is 0 Å². The number of nitrogens with two attached hydrogens (primary N) is 1. The Morgan fingerprint density at radius 3 is 3.00 bits per heavy atom. The van der Waals surface area contributed by atoms with Crippen LogP contribution >= 0.6 is 0 Å². The molecule has 0 rings (SSSR count). The van der Waals surface area contributed by atoms with Crippen molar-refractivity contribution in [3.8, 4) is 0 Å². The standard InChI is InChI=1S/C4H8N2O/c1-2-3-6-4-7-5/h2-3H,1,4-5H2/b6-3-. The molecule has 0 aromatic rings. The smallest absolute Gasteiger partial charge is 0.157 e. The van der Waals surface area contributed by atoms with Crippen molar-refractivity contribution < 1.29 is 4.84 Å². The third-order valence-electron chi connectivity index (χ3n) is 0.360. The lowest BCUT2D eigenvalue weighted by molar-refractivity contribution is 0.147. The Kier molecular flexibility index (Phi) is 4.82. The fourth-order valence-corrected chi connectivity index (χ4v) is 0.161.